The minimum atomic E-state index is -0.590. The van der Waals surface area contributed by atoms with Crippen molar-refractivity contribution in [2.24, 2.45) is 0 Å². The van der Waals surface area contributed by atoms with Crippen molar-refractivity contribution >= 4 is 15.4 Å². The topological polar surface area (TPSA) is 0 Å². The van der Waals surface area contributed by atoms with Crippen LogP contribution in [0.25, 0.3) is 0 Å². The summed E-state index contributed by atoms with van der Waals surface area (Å²) < 4.78 is 4.07. The fourth-order valence-electron chi connectivity index (χ4n) is 4.31. The Bertz CT molecular complexity index is 364. The van der Waals surface area contributed by atoms with E-state index < -0.39 is 15.4 Å². The van der Waals surface area contributed by atoms with E-state index in [2.05, 4.69) is 27.7 Å². The maximum atomic E-state index is 2.34. The quantitative estimate of drug-likeness (QED) is 0.180. The molecule has 0 aromatic rings. The van der Waals surface area contributed by atoms with Gasteiger partial charge in [-0.05, 0) is 0 Å². The Morgan fingerprint density at radius 3 is 1.08 bits per heavy atom. The van der Waals surface area contributed by atoms with Crippen molar-refractivity contribution in [3.05, 3.63) is 20.0 Å². The molecule has 0 nitrogen and oxygen atoms in total. The molecule has 0 amide bonds. The molecule has 0 saturated carbocycles. The Kier molecular flexibility index (Phi) is 13.9. The van der Waals surface area contributed by atoms with Crippen LogP contribution in [-0.2, 0) is 0 Å². The molecule has 0 atom stereocenters. The molecule has 0 aliphatic carbocycles. The summed E-state index contributed by atoms with van der Waals surface area (Å²) in [5.74, 6) is 0. The third-order valence-electron chi connectivity index (χ3n) is 5.87. The fourth-order valence-corrected chi connectivity index (χ4v) is 9.72. The summed E-state index contributed by atoms with van der Waals surface area (Å²) >= 11 is -0.590. The van der Waals surface area contributed by atoms with Gasteiger partial charge in [-0.3, -0.25) is 0 Å². The second kappa shape index (κ2) is 15.1. The Labute approximate surface area is 165 Å². The van der Waals surface area contributed by atoms with Gasteiger partial charge in [0, 0.05) is 0 Å². The first kappa shape index (κ1) is 23.1. The molecular formula is C24H46Ge. The van der Waals surface area contributed by atoms with Crippen LogP contribution in [-0.4, -0.2) is 15.4 Å². The molecule has 0 saturated heterocycles. The number of rotatable bonds is 16. The van der Waals surface area contributed by atoms with Crippen LogP contribution in [0.4, 0.5) is 0 Å². The summed E-state index contributed by atoms with van der Waals surface area (Å²) in [6.07, 6.45) is 22.7. The summed E-state index contributed by atoms with van der Waals surface area (Å²) in [7, 11) is 0. The Morgan fingerprint density at radius 1 is 0.440 bits per heavy atom. The molecule has 1 rings (SSSR count). The zero-order chi connectivity index (χ0) is 18.3. The zero-order valence-electron chi connectivity index (χ0n) is 18.0. The average molecular weight is 407 g/mol. The summed E-state index contributed by atoms with van der Waals surface area (Å²) in [6.45, 7) is 9.38. The van der Waals surface area contributed by atoms with Gasteiger partial charge in [0.1, 0.15) is 0 Å². The van der Waals surface area contributed by atoms with E-state index in [9.17, 15) is 0 Å². The Hall–Kier alpha value is 0.0229. The molecule has 0 unspecified atom stereocenters. The van der Waals surface area contributed by atoms with Gasteiger partial charge in [-0.1, -0.05) is 0 Å². The summed E-state index contributed by atoms with van der Waals surface area (Å²) in [5.41, 5.74) is 3.85. The Balaban J connectivity index is 2.84. The normalized spacial score (nSPS) is 14.9. The van der Waals surface area contributed by atoms with Gasteiger partial charge >= 0.3 is 166 Å². The summed E-state index contributed by atoms with van der Waals surface area (Å²) in [4.78, 5) is 0. The molecule has 0 bridgehead atoms. The van der Waals surface area contributed by atoms with E-state index in [-0.39, 0.29) is 0 Å². The van der Waals surface area contributed by atoms with Gasteiger partial charge in [0.15, 0.2) is 0 Å². The van der Waals surface area contributed by atoms with Gasteiger partial charge in [0.2, 0.25) is 0 Å². The number of allylic oxidation sites excluding steroid dienone is 4. The van der Waals surface area contributed by atoms with Crippen LogP contribution in [0.3, 0.4) is 0 Å². The monoisotopic (exact) mass is 408 g/mol. The van der Waals surface area contributed by atoms with Gasteiger partial charge in [-0.2, -0.15) is 0 Å². The first-order chi connectivity index (χ1) is 12.3. The zero-order valence-corrected chi connectivity index (χ0v) is 21.0. The third kappa shape index (κ3) is 8.98. The molecule has 0 aromatic heterocycles. The molecule has 1 aliphatic rings. The molecule has 146 valence electrons. The average Bonchev–Trinajstić information content (AvgIpc) is 2.93. The van der Waals surface area contributed by atoms with E-state index in [1.165, 1.54) is 103 Å². The minimum absolute atomic E-state index is 0.590. The van der Waals surface area contributed by atoms with Gasteiger partial charge in [-0.25, -0.2) is 0 Å². The van der Waals surface area contributed by atoms with Crippen LogP contribution in [0.5, 0.6) is 0 Å². The van der Waals surface area contributed by atoms with E-state index in [1.54, 1.807) is 0 Å². The second-order valence-electron chi connectivity index (χ2n) is 8.17. The maximum absolute atomic E-state index is 2.34. The molecule has 1 heteroatoms. The van der Waals surface area contributed by atoms with Crippen molar-refractivity contribution in [1.29, 1.82) is 0 Å². The van der Waals surface area contributed by atoms with Crippen LogP contribution in [0.1, 0.15) is 130 Å². The van der Waals surface area contributed by atoms with Crippen LogP contribution in [0, 0.1) is 0 Å². The molecule has 1 aliphatic heterocycles. The van der Waals surface area contributed by atoms with Crippen molar-refractivity contribution in [3.8, 4) is 0 Å². The van der Waals surface area contributed by atoms with Gasteiger partial charge in [0.25, 0.3) is 0 Å². The van der Waals surface area contributed by atoms with Gasteiger partial charge in [0.05, 0.1) is 0 Å². The van der Waals surface area contributed by atoms with Crippen LogP contribution in [0.15, 0.2) is 20.0 Å². The standard InChI is InChI=1S/C24H46Ge/c1-5-9-13-17-21-22(18-14-10-6-2)24(20-16-12-8-4)25-23(21)19-15-11-7-3/h5-20,25H2,1-4H3. The van der Waals surface area contributed by atoms with Crippen LogP contribution in [0.2, 0.25) is 0 Å². The molecule has 0 fully saturated rings. The number of hydrogen-bond donors (Lipinski definition) is 0. The third-order valence-corrected chi connectivity index (χ3v) is 10.9. The molecule has 0 spiro atoms. The molecule has 1 heterocycles. The van der Waals surface area contributed by atoms with E-state index in [0.29, 0.717) is 0 Å². The van der Waals surface area contributed by atoms with Crippen molar-refractivity contribution in [3.63, 3.8) is 0 Å². The Morgan fingerprint density at radius 2 is 0.760 bits per heavy atom. The van der Waals surface area contributed by atoms with Crippen molar-refractivity contribution in [2.45, 2.75) is 130 Å². The summed E-state index contributed by atoms with van der Waals surface area (Å²) in [6, 6.07) is 0. The molecule has 0 radical (unpaired) electrons. The first-order valence-corrected chi connectivity index (χ1v) is 14.7. The van der Waals surface area contributed by atoms with Crippen molar-refractivity contribution in [2.75, 3.05) is 0 Å². The first-order valence-electron chi connectivity index (χ1n) is 11.7. The number of unbranched alkanes of at least 4 members (excludes halogenated alkanes) is 8. The molecular weight excluding hydrogens is 361 g/mol. The number of hydrogen-bond acceptors (Lipinski definition) is 0. The molecule has 0 N–H and O–H groups in total. The SMILES string of the molecule is CCCCC[C]1=C(CCCCC)C(CCCCC)=[C](CCCCC)[GeH2]1. The van der Waals surface area contributed by atoms with E-state index in [4.69, 9.17) is 0 Å². The van der Waals surface area contributed by atoms with E-state index in [0.717, 1.165) is 0 Å². The van der Waals surface area contributed by atoms with Crippen molar-refractivity contribution < 1.29 is 0 Å². The molecule has 0 aromatic carbocycles. The van der Waals surface area contributed by atoms with E-state index in [1.807, 2.05) is 20.0 Å². The van der Waals surface area contributed by atoms with Crippen LogP contribution < -0.4 is 0 Å². The second-order valence-corrected chi connectivity index (χ2v) is 12.5. The fraction of sp³-hybridized carbons (Fsp3) is 0.833. The van der Waals surface area contributed by atoms with E-state index >= 15 is 0 Å². The predicted octanol–water partition coefficient (Wildman–Crippen LogP) is 8.00. The van der Waals surface area contributed by atoms with Crippen LogP contribution >= 0.6 is 0 Å². The predicted molar refractivity (Wildman–Crippen MR) is 119 cm³/mol. The van der Waals surface area contributed by atoms with Crippen molar-refractivity contribution in [1.82, 2.24) is 0 Å². The van der Waals surface area contributed by atoms with Gasteiger partial charge in [-0.15, -0.1) is 0 Å². The summed E-state index contributed by atoms with van der Waals surface area (Å²) in [5, 5.41) is 0. The van der Waals surface area contributed by atoms with Gasteiger partial charge < -0.3 is 0 Å². The molecule has 25 heavy (non-hydrogen) atoms.